The molecule has 8 nitrogen and oxygen atoms in total. The maximum Gasteiger partial charge on any atom is 0.224 e. The lowest BCUT2D eigenvalue weighted by Crippen LogP contribution is -2.35. The van der Waals surface area contributed by atoms with Crippen molar-refractivity contribution in [2.24, 2.45) is 0 Å². The molecule has 0 saturated carbocycles. The minimum Gasteiger partial charge on any atom is -0.368 e. The zero-order chi connectivity index (χ0) is 17.7. The number of fused-ring (bicyclic) bond motifs is 2. The van der Waals surface area contributed by atoms with Crippen molar-refractivity contribution in [3.63, 3.8) is 0 Å². The van der Waals surface area contributed by atoms with Crippen molar-refractivity contribution in [2.45, 2.75) is 25.7 Å². The first-order valence-corrected chi connectivity index (χ1v) is 8.86. The molecule has 1 saturated heterocycles. The molecule has 4 N–H and O–H groups in total. The summed E-state index contributed by atoms with van der Waals surface area (Å²) in [5.74, 6) is 2.44. The van der Waals surface area contributed by atoms with Gasteiger partial charge in [0.05, 0.1) is 17.4 Å². The van der Waals surface area contributed by atoms with Gasteiger partial charge in [-0.2, -0.15) is 9.97 Å². The van der Waals surface area contributed by atoms with Crippen LogP contribution in [-0.4, -0.2) is 43.0 Å². The lowest BCUT2D eigenvalue weighted by Gasteiger charge is -2.32. The van der Waals surface area contributed by atoms with Crippen LogP contribution in [0, 0.1) is 6.92 Å². The summed E-state index contributed by atoms with van der Waals surface area (Å²) in [6, 6.07) is 6.24. The number of aromatic amines is 2. The third kappa shape index (κ3) is 2.37. The van der Waals surface area contributed by atoms with E-state index in [4.69, 9.17) is 10.7 Å². The Kier molecular flexibility index (Phi) is 3.31. The first kappa shape index (κ1) is 15.1. The van der Waals surface area contributed by atoms with Gasteiger partial charge in [-0.05, 0) is 31.4 Å². The number of benzene rings is 1. The van der Waals surface area contributed by atoms with Crippen molar-refractivity contribution in [3.8, 4) is 0 Å². The van der Waals surface area contributed by atoms with Crippen LogP contribution in [0.5, 0.6) is 0 Å². The summed E-state index contributed by atoms with van der Waals surface area (Å²) in [6.45, 7) is 3.86. The van der Waals surface area contributed by atoms with Gasteiger partial charge in [0.25, 0.3) is 0 Å². The fraction of sp³-hybridized carbons (Fsp3) is 0.333. The van der Waals surface area contributed by atoms with Crippen molar-refractivity contribution in [2.75, 3.05) is 23.7 Å². The Morgan fingerprint density at radius 1 is 1.23 bits per heavy atom. The van der Waals surface area contributed by atoms with Crippen LogP contribution in [0.4, 0.5) is 11.8 Å². The molecule has 4 heterocycles. The quantitative estimate of drug-likeness (QED) is 0.513. The zero-order valence-electron chi connectivity index (χ0n) is 14.5. The van der Waals surface area contributed by atoms with E-state index in [1.54, 1.807) is 6.33 Å². The molecule has 1 aliphatic heterocycles. The summed E-state index contributed by atoms with van der Waals surface area (Å²) in [5.41, 5.74) is 10.7. The summed E-state index contributed by atoms with van der Waals surface area (Å²) in [6.07, 6.45) is 3.80. The summed E-state index contributed by atoms with van der Waals surface area (Å²) in [4.78, 5) is 26.7. The topological polar surface area (TPSA) is 112 Å². The molecule has 0 radical (unpaired) electrons. The van der Waals surface area contributed by atoms with Gasteiger partial charge in [-0.3, -0.25) is 0 Å². The Labute approximate surface area is 149 Å². The number of aromatic nitrogens is 6. The average Bonchev–Trinajstić information content (AvgIpc) is 3.28. The Bertz CT molecular complexity index is 1100. The molecule has 8 heteroatoms. The summed E-state index contributed by atoms with van der Waals surface area (Å²) in [7, 11) is 0. The molecule has 1 aliphatic rings. The second-order valence-corrected chi connectivity index (χ2v) is 6.88. The third-order valence-electron chi connectivity index (χ3n) is 5.12. The highest BCUT2D eigenvalue weighted by Crippen LogP contribution is 2.31. The summed E-state index contributed by atoms with van der Waals surface area (Å²) in [5, 5.41) is 0. The third-order valence-corrected chi connectivity index (χ3v) is 5.12. The zero-order valence-corrected chi connectivity index (χ0v) is 14.5. The van der Waals surface area contributed by atoms with Crippen LogP contribution in [0.1, 0.15) is 30.1 Å². The smallest absolute Gasteiger partial charge is 0.224 e. The number of rotatable bonds is 2. The van der Waals surface area contributed by atoms with Crippen LogP contribution >= 0.6 is 0 Å². The Hall–Kier alpha value is -3.16. The van der Waals surface area contributed by atoms with E-state index in [1.807, 2.05) is 0 Å². The van der Waals surface area contributed by atoms with E-state index in [9.17, 15) is 0 Å². The molecule has 0 amide bonds. The predicted molar refractivity (Wildman–Crippen MR) is 101 cm³/mol. The number of hydrogen-bond acceptors (Lipinski definition) is 6. The van der Waals surface area contributed by atoms with Crippen LogP contribution in [0.2, 0.25) is 0 Å². The van der Waals surface area contributed by atoms with Crippen molar-refractivity contribution >= 4 is 34.0 Å². The number of nitrogens with two attached hydrogens (primary N) is 1. The fourth-order valence-corrected chi connectivity index (χ4v) is 3.84. The minimum absolute atomic E-state index is 0.251. The number of nitrogen functional groups attached to an aromatic ring is 1. The SMILES string of the molecule is Cc1cccc2[nH]c([C@H]3CCCN(c4nc(N)nc5nc[nH]c45)C3)nc12. The molecular weight excluding hydrogens is 328 g/mol. The Balaban J connectivity index is 1.51. The van der Waals surface area contributed by atoms with Gasteiger partial charge in [-0.15, -0.1) is 0 Å². The van der Waals surface area contributed by atoms with Crippen molar-refractivity contribution in [3.05, 3.63) is 35.9 Å². The highest BCUT2D eigenvalue weighted by molar-refractivity contribution is 5.84. The fourth-order valence-electron chi connectivity index (χ4n) is 3.84. The molecule has 3 aromatic heterocycles. The number of nitrogens with one attached hydrogen (secondary N) is 2. The van der Waals surface area contributed by atoms with Crippen LogP contribution in [0.25, 0.3) is 22.2 Å². The maximum absolute atomic E-state index is 5.88. The van der Waals surface area contributed by atoms with E-state index < -0.39 is 0 Å². The molecule has 1 atom stereocenters. The normalized spacial score (nSPS) is 18.0. The van der Waals surface area contributed by atoms with Gasteiger partial charge in [-0.25, -0.2) is 9.97 Å². The number of H-pyrrole nitrogens is 2. The summed E-state index contributed by atoms with van der Waals surface area (Å²) >= 11 is 0. The number of piperidine rings is 1. The van der Waals surface area contributed by atoms with Crippen LogP contribution in [-0.2, 0) is 0 Å². The van der Waals surface area contributed by atoms with Gasteiger partial charge in [0.2, 0.25) is 5.95 Å². The highest BCUT2D eigenvalue weighted by Gasteiger charge is 2.27. The van der Waals surface area contributed by atoms with E-state index in [0.717, 1.165) is 54.1 Å². The highest BCUT2D eigenvalue weighted by atomic mass is 15.2. The van der Waals surface area contributed by atoms with Gasteiger partial charge in [-0.1, -0.05) is 12.1 Å². The minimum atomic E-state index is 0.251. The van der Waals surface area contributed by atoms with Gasteiger partial charge >= 0.3 is 0 Å². The molecule has 0 aliphatic carbocycles. The van der Waals surface area contributed by atoms with Gasteiger partial charge < -0.3 is 20.6 Å². The van der Waals surface area contributed by atoms with Crippen molar-refractivity contribution < 1.29 is 0 Å². The first-order chi connectivity index (χ1) is 12.7. The number of imidazole rings is 2. The van der Waals surface area contributed by atoms with E-state index in [-0.39, 0.29) is 5.95 Å². The number of para-hydroxylation sites is 1. The average molecular weight is 348 g/mol. The maximum atomic E-state index is 5.88. The van der Waals surface area contributed by atoms with E-state index in [1.165, 1.54) is 5.56 Å². The molecule has 5 rings (SSSR count). The Morgan fingerprint density at radius 3 is 3.04 bits per heavy atom. The summed E-state index contributed by atoms with van der Waals surface area (Å²) < 4.78 is 0. The standard InChI is InChI=1S/C18H20N8/c1-10-4-2-6-12-13(10)23-15(22-12)11-5-3-7-26(8-11)17-14-16(21-9-20-14)24-18(19)25-17/h2,4,6,9,11H,3,5,7-8H2,1H3,(H,22,23)(H3,19,20,21,24,25)/t11-/m0/s1. The predicted octanol–water partition coefficient (Wildman–Crippen LogP) is 2.50. The molecule has 1 aromatic carbocycles. The van der Waals surface area contributed by atoms with Gasteiger partial charge in [0.15, 0.2) is 11.5 Å². The van der Waals surface area contributed by atoms with E-state index in [0.29, 0.717) is 11.6 Å². The number of aryl methyl sites for hydroxylation is 1. The van der Waals surface area contributed by atoms with Crippen LogP contribution in [0.15, 0.2) is 24.5 Å². The molecule has 0 bridgehead atoms. The number of anilines is 2. The van der Waals surface area contributed by atoms with Gasteiger partial charge in [0, 0.05) is 19.0 Å². The van der Waals surface area contributed by atoms with Crippen molar-refractivity contribution in [1.82, 2.24) is 29.9 Å². The lowest BCUT2D eigenvalue weighted by atomic mass is 9.97. The van der Waals surface area contributed by atoms with Gasteiger partial charge in [0.1, 0.15) is 11.3 Å². The lowest BCUT2D eigenvalue weighted by molar-refractivity contribution is 0.493. The van der Waals surface area contributed by atoms with E-state index in [2.05, 4.69) is 54.9 Å². The number of hydrogen-bond donors (Lipinski definition) is 3. The van der Waals surface area contributed by atoms with E-state index >= 15 is 0 Å². The Morgan fingerprint density at radius 2 is 2.15 bits per heavy atom. The van der Waals surface area contributed by atoms with Crippen molar-refractivity contribution in [1.29, 1.82) is 0 Å². The van der Waals surface area contributed by atoms with Crippen LogP contribution < -0.4 is 10.6 Å². The number of nitrogens with zero attached hydrogens (tertiary/aromatic N) is 5. The molecular formula is C18H20N8. The first-order valence-electron chi connectivity index (χ1n) is 8.86. The van der Waals surface area contributed by atoms with Crippen LogP contribution in [0.3, 0.4) is 0 Å². The molecule has 26 heavy (non-hydrogen) atoms. The molecule has 1 fully saturated rings. The molecule has 0 unspecified atom stereocenters. The largest absolute Gasteiger partial charge is 0.368 e. The molecule has 0 spiro atoms. The second-order valence-electron chi connectivity index (χ2n) is 6.88. The second kappa shape index (κ2) is 5.69. The molecule has 132 valence electrons. The monoisotopic (exact) mass is 348 g/mol. The molecule has 4 aromatic rings.